The fourth-order valence-electron chi connectivity index (χ4n) is 10.2. The molecule has 0 aliphatic heterocycles. The van der Waals surface area contributed by atoms with Gasteiger partial charge in [-0.2, -0.15) is 5.26 Å². The van der Waals surface area contributed by atoms with Crippen LogP contribution in [0.3, 0.4) is 0 Å². The van der Waals surface area contributed by atoms with Crippen LogP contribution in [0.15, 0.2) is 194 Å². The van der Waals surface area contributed by atoms with Crippen LogP contribution in [-0.4, -0.2) is 35.0 Å². The summed E-state index contributed by atoms with van der Waals surface area (Å²) in [5.41, 5.74) is 6.82. The number of nitrogens with zero attached hydrogens (tertiary/aromatic N) is 1. The molecule has 0 heterocycles. The van der Waals surface area contributed by atoms with Gasteiger partial charge in [-0.25, -0.2) is 0 Å². The number of hydrogen-bond acceptors (Lipinski definition) is 6. The number of nitriles is 1. The van der Waals surface area contributed by atoms with Crippen LogP contribution in [0.5, 0.6) is 23.0 Å². The maximum absolute atomic E-state index is 9.79. The molecule has 0 aliphatic rings. The lowest BCUT2D eigenvalue weighted by Crippen LogP contribution is -2.35. The van der Waals surface area contributed by atoms with E-state index in [0.717, 1.165) is 123 Å². The number of benzene rings is 10. The molecule has 10 aromatic carbocycles. The number of hydrogen-bond donors (Lipinski definition) is 0. The zero-order valence-electron chi connectivity index (χ0n) is 42.1. The Bertz CT molecular complexity index is 3770. The Balaban J connectivity index is 1.12. The summed E-state index contributed by atoms with van der Waals surface area (Å²) in [5, 5.41) is 18.1. The highest BCUT2D eigenvalue weighted by Crippen LogP contribution is 2.43. The van der Waals surface area contributed by atoms with E-state index in [4.69, 9.17) is 23.7 Å². The number of fused-ring (bicyclic) bond motifs is 4. The normalized spacial score (nSPS) is 11.6. The molecule has 1 atom stereocenters. The van der Waals surface area contributed by atoms with E-state index in [1.54, 1.807) is 28.4 Å². The molecule has 0 aliphatic carbocycles. The highest BCUT2D eigenvalue weighted by molar-refractivity contribution is 6.10. The largest absolute Gasteiger partial charge is 0.497 e. The highest BCUT2D eigenvalue weighted by atomic mass is 16.5. The van der Waals surface area contributed by atoms with Crippen molar-refractivity contribution in [3.8, 4) is 52.7 Å². The van der Waals surface area contributed by atoms with Crippen molar-refractivity contribution in [2.75, 3.05) is 35.0 Å². The van der Waals surface area contributed by atoms with Crippen molar-refractivity contribution < 1.29 is 23.7 Å². The van der Waals surface area contributed by atoms with E-state index in [-0.39, 0.29) is 5.92 Å². The van der Waals surface area contributed by atoms with Crippen LogP contribution in [0.25, 0.3) is 43.1 Å². The third kappa shape index (κ3) is 9.95. The van der Waals surface area contributed by atoms with E-state index in [1.165, 1.54) is 0 Å². The summed E-state index contributed by atoms with van der Waals surface area (Å²) in [7, 11) is 6.73. The second-order valence-electron chi connectivity index (χ2n) is 18.4. The first-order valence-electron chi connectivity index (χ1n) is 24.9. The fraction of sp³-hybridized carbons (Fsp3) is 0.162. The zero-order valence-corrected chi connectivity index (χ0v) is 42.1. The van der Waals surface area contributed by atoms with Crippen LogP contribution >= 0.6 is 0 Å². The third-order valence-electron chi connectivity index (χ3n) is 14.0. The first-order chi connectivity index (χ1) is 36.4. The minimum absolute atomic E-state index is 0.0345. The van der Waals surface area contributed by atoms with Crippen molar-refractivity contribution in [1.29, 1.82) is 5.26 Å². The molecule has 0 N–H and O–H groups in total. The molecule has 0 spiro atoms. The molecule has 74 heavy (non-hydrogen) atoms. The number of methoxy groups -OCH3 is 4. The van der Waals surface area contributed by atoms with Gasteiger partial charge in [0.2, 0.25) is 0 Å². The molecule has 10 aromatic rings. The van der Waals surface area contributed by atoms with Crippen LogP contribution in [0, 0.1) is 40.9 Å². The van der Waals surface area contributed by atoms with Crippen molar-refractivity contribution in [2.45, 2.75) is 31.3 Å². The predicted molar refractivity (Wildman–Crippen MR) is 299 cm³/mol. The lowest BCUT2D eigenvalue weighted by Gasteiger charge is -2.37. The Kier molecular flexibility index (Phi) is 14.6. The Labute approximate surface area is 433 Å². The van der Waals surface area contributed by atoms with E-state index in [1.807, 2.05) is 66.7 Å². The molecular formula is C68H55NO5. The van der Waals surface area contributed by atoms with Gasteiger partial charge in [-0.05, 0) is 169 Å². The third-order valence-corrected chi connectivity index (χ3v) is 14.0. The van der Waals surface area contributed by atoms with Crippen LogP contribution in [0.1, 0.15) is 63.8 Å². The number of unbranched alkanes of at least 4 members (excludes halogenated alkanes) is 1. The molecule has 1 unspecified atom stereocenters. The second kappa shape index (κ2) is 22.2. The topological polar surface area (TPSA) is 69.9 Å². The van der Waals surface area contributed by atoms with Crippen LogP contribution in [0.4, 0.5) is 0 Å². The Morgan fingerprint density at radius 1 is 0.432 bits per heavy atom. The number of ether oxygens (including phenoxy) is 5. The van der Waals surface area contributed by atoms with Crippen molar-refractivity contribution in [3.05, 3.63) is 239 Å². The van der Waals surface area contributed by atoms with Gasteiger partial charge >= 0.3 is 0 Å². The molecule has 0 amide bonds. The molecule has 6 nitrogen and oxygen atoms in total. The molecule has 362 valence electrons. The molecule has 10 rings (SSSR count). The minimum Gasteiger partial charge on any atom is -0.497 e. The molecule has 6 heteroatoms. The molecule has 0 radical (unpaired) electrons. The van der Waals surface area contributed by atoms with Gasteiger partial charge < -0.3 is 23.7 Å². The summed E-state index contributed by atoms with van der Waals surface area (Å²) in [6.45, 7) is 0.403. The lowest BCUT2D eigenvalue weighted by molar-refractivity contribution is -0.00997. The van der Waals surface area contributed by atoms with Crippen LogP contribution < -0.4 is 18.9 Å². The predicted octanol–water partition coefficient (Wildman–Crippen LogP) is 15.0. The Morgan fingerprint density at radius 3 is 1.43 bits per heavy atom. The minimum atomic E-state index is -0.991. The molecule has 0 aromatic heterocycles. The monoisotopic (exact) mass is 965 g/mol. The van der Waals surface area contributed by atoms with Crippen molar-refractivity contribution >= 4 is 43.1 Å². The summed E-state index contributed by atoms with van der Waals surface area (Å²) in [6.07, 6.45) is 2.67. The lowest BCUT2D eigenvalue weighted by atomic mass is 9.79. The molecule has 0 saturated heterocycles. The van der Waals surface area contributed by atoms with Gasteiger partial charge in [0.1, 0.15) is 28.6 Å². The summed E-state index contributed by atoms with van der Waals surface area (Å²) >= 11 is 0. The molecule has 0 bridgehead atoms. The average Bonchev–Trinajstić information content (AvgIpc) is 3.46. The summed E-state index contributed by atoms with van der Waals surface area (Å²) in [5.74, 6) is 17.8. The zero-order chi connectivity index (χ0) is 50.9. The van der Waals surface area contributed by atoms with Gasteiger partial charge in [0.15, 0.2) is 0 Å². The van der Waals surface area contributed by atoms with Crippen LogP contribution in [-0.2, 0) is 16.8 Å². The van der Waals surface area contributed by atoms with Crippen molar-refractivity contribution in [3.63, 3.8) is 0 Å². The summed E-state index contributed by atoms with van der Waals surface area (Å²) < 4.78 is 29.9. The van der Waals surface area contributed by atoms with Gasteiger partial charge in [0.05, 0.1) is 41.1 Å². The first-order valence-corrected chi connectivity index (χ1v) is 24.9. The summed E-state index contributed by atoms with van der Waals surface area (Å²) in [6, 6.07) is 69.0. The average molecular weight is 966 g/mol. The van der Waals surface area contributed by atoms with Crippen LogP contribution in [0.2, 0.25) is 0 Å². The van der Waals surface area contributed by atoms with E-state index in [2.05, 4.69) is 157 Å². The van der Waals surface area contributed by atoms with Gasteiger partial charge in [0, 0.05) is 28.7 Å². The van der Waals surface area contributed by atoms with Crippen molar-refractivity contribution in [1.82, 2.24) is 0 Å². The van der Waals surface area contributed by atoms with Gasteiger partial charge in [0.25, 0.3) is 0 Å². The van der Waals surface area contributed by atoms with E-state index < -0.39 is 5.60 Å². The molecule has 0 saturated carbocycles. The van der Waals surface area contributed by atoms with E-state index in [9.17, 15) is 5.26 Å². The number of rotatable bonds is 15. The van der Waals surface area contributed by atoms with Gasteiger partial charge in [-0.1, -0.05) is 139 Å². The first kappa shape index (κ1) is 48.6. The summed E-state index contributed by atoms with van der Waals surface area (Å²) in [4.78, 5) is 0. The second-order valence-corrected chi connectivity index (χ2v) is 18.4. The quantitative estimate of drug-likeness (QED) is 0.0441. The standard InChI is InChI=1S/C68H55NO5/c1-70-56-30-26-54(27-31-56)68(53-19-6-5-7-20-53,55-28-32-57(71-2)33-29-55)74-46-48(14-10-11-41-69)42-47-23-36-65-64(37-24-49-15-12-17-51-44-58(72-3)34-39-60(49)51)62-21-8-9-22-63(62)66(67(65)43-47)38-25-50-16-13-18-52-45-59(73-4)35-40-61(50)52/h5-9,12-13,15-23,26-36,39-40,43-45,48H,10-11,14,42,46H2,1-4H3. The Morgan fingerprint density at radius 2 is 0.905 bits per heavy atom. The van der Waals surface area contributed by atoms with Crippen molar-refractivity contribution in [2.24, 2.45) is 5.92 Å². The SMILES string of the molecule is COc1ccc(C(OCC(CCCC#N)Cc2ccc3c(C#Cc4cccc5cc(OC)ccc45)c4ccccc4c(C#Cc4cccc5cc(OC)ccc45)c3c2)(c2ccccc2)c2ccc(OC)cc2)cc1. The van der Waals surface area contributed by atoms with Gasteiger partial charge in [-0.15, -0.1) is 0 Å². The van der Waals surface area contributed by atoms with Gasteiger partial charge in [-0.3, -0.25) is 0 Å². The smallest absolute Gasteiger partial charge is 0.143 e. The maximum Gasteiger partial charge on any atom is 0.143 e. The van der Waals surface area contributed by atoms with E-state index >= 15 is 0 Å². The maximum atomic E-state index is 9.79. The molecule has 0 fully saturated rings. The fourth-order valence-corrected chi connectivity index (χ4v) is 10.2. The Hall–Kier alpha value is -8.99. The van der Waals surface area contributed by atoms with E-state index in [0.29, 0.717) is 19.4 Å². The molecular weight excluding hydrogens is 911 g/mol. The highest BCUT2D eigenvalue weighted by Gasteiger charge is 2.38.